The van der Waals surface area contributed by atoms with Crippen molar-refractivity contribution in [2.75, 3.05) is 7.11 Å². The Morgan fingerprint density at radius 1 is 1.11 bits per heavy atom. The highest BCUT2D eigenvalue weighted by Crippen LogP contribution is 2.25. The number of esters is 1. The highest BCUT2D eigenvalue weighted by molar-refractivity contribution is 6.07. The zero-order valence-electron chi connectivity index (χ0n) is 15.9. The lowest BCUT2D eigenvalue weighted by molar-refractivity contribution is 0.0535. The molecule has 0 N–H and O–H groups in total. The van der Waals surface area contributed by atoms with E-state index in [0.717, 1.165) is 10.8 Å². The minimum Gasteiger partial charge on any atom is -0.464 e. The molecule has 0 radical (unpaired) electrons. The van der Waals surface area contributed by atoms with E-state index in [-0.39, 0.29) is 24.0 Å². The Bertz CT molecular complexity index is 980. The van der Waals surface area contributed by atoms with Crippen LogP contribution >= 0.6 is 0 Å². The SMILES string of the molecule is COC(=O)c1coc(CN(C(=O)c2cccc3ccccc23)C(C)(C)C)n1. The van der Waals surface area contributed by atoms with E-state index in [4.69, 9.17) is 4.42 Å². The number of benzene rings is 2. The number of rotatable bonds is 4. The molecule has 0 saturated carbocycles. The van der Waals surface area contributed by atoms with Crippen molar-refractivity contribution < 1.29 is 18.7 Å². The second kappa shape index (κ2) is 7.23. The van der Waals surface area contributed by atoms with Gasteiger partial charge in [0.15, 0.2) is 5.69 Å². The Labute approximate surface area is 157 Å². The number of hydrogen-bond donors (Lipinski definition) is 0. The zero-order valence-corrected chi connectivity index (χ0v) is 15.9. The van der Waals surface area contributed by atoms with E-state index in [1.807, 2.05) is 63.2 Å². The number of methoxy groups -OCH3 is 1. The predicted octanol–water partition coefficient (Wildman–Crippen LogP) is 4.06. The molecule has 27 heavy (non-hydrogen) atoms. The zero-order chi connectivity index (χ0) is 19.6. The molecule has 1 heterocycles. The van der Waals surface area contributed by atoms with Crippen molar-refractivity contribution >= 4 is 22.6 Å². The number of nitrogens with zero attached hydrogens (tertiary/aromatic N) is 2. The summed E-state index contributed by atoms with van der Waals surface area (Å²) < 4.78 is 10.0. The van der Waals surface area contributed by atoms with E-state index in [1.165, 1.54) is 13.4 Å². The Kier molecular flexibility index (Phi) is 4.99. The summed E-state index contributed by atoms with van der Waals surface area (Å²) in [5.74, 6) is -0.427. The maximum Gasteiger partial charge on any atom is 0.360 e. The summed E-state index contributed by atoms with van der Waals surface area (Å²) in [6, 6.07) is 13.4. The van der Waals surface area contributed by atoms with Crippen molar-refractivity contribution in [1.82, 2.24) is 9.88 Å². The first-order valence-electron chi connectivity index (χ1n) is 8.63. The van der Waals surface area contributed by atoms with Gasteiger partial charge in [0.2, 0.25) is 5.89 Å². The summed E-state index contributed by atoms with van der Waals surface area (Å²) in [6.45, 7) is 5.98. The van der Waals surface area contributed by atoms with E-state index >= 15 is 0 Å². The van der Waals surface area contributed by atoms with E-state index in [1.54, 1.807) is 4.90 Å². The van der Waals surface area contributed by atoms with Crippen LogP contribution in [0.15, 0.2) is 53.1 Å². The molecule has 0 fully saturated rings. The van der Waals surface area contributed by atoms with Crippen LogP contribution in [0.2, 0.25) is 0 Å². The van der Waals surface area contributed by atoms with Gasteiger partial charge in [-0.3, -0.25) is 4.79 Å². The molecule has 6 heteroatoms. The lowest BCUT2D eigenvalue weighted by atomic mass is 10.00. The normalized spacial score (nSPS) is 11.4. The van der Waals surface area contributed by atoms with Crippen molar-refractivity contribution in [1.29, 1.82) is 0 Å². The van der Waals surface area contributed by atoms with Crippen LogP contribution in [0.5, 0.6) is 0 Å². The van der Waals surface area contributed by atoms with Gasteiger partial charge in [-0.05, 0) is 37.6 Å². The fourth-order valence-corrected chi connectivity index (χ4v) is 2.89. The molecule has 0 saturated heterocycles. The minimum atomic E-state index is -0.576. The predicted molar refractivity (Wildman–Crippen MR) is 101 cm³/mol. The third-order valence-corrected chi connectivity index (χ3v) is 4.31. The van der Waals surface area contributed by atoms with Crippen molar-refractivity contribution in [2.24, 2.45) is 0 Å². The van der Waals surface area contributed by atoms with Crippen LogP contribution in [0, 0.1) is 0 Å². The summed E-state index contributed by atoms with van der Waals surface area (Å²) in [5, 5.41) is 1.89. The van der Waals surface area contributed by atoms with Crippen molar-refractivity contribution in [3.8, 4) is 0 Å². The standard InChI is InChI=1S/C21H22N2O4/c1-21(2,3)23(12-18-22-17(13-27-18)20(25)26-4)19(24)16-11-7-9-14-8-5-6-10-15(14)16/h5-11,13H,12H2,1-4H3. The number of oxazole rings is 1. The molecular weight excluding hydrogens is 344 g/mol. The molecule has 0 unspecified atom stereocenters. The monoisotopic (exact) mass is 366 g/mol. The first-order valence-corrected chi connectivity index (χ1v) is 8.63. The lowest BCUT2D eigenvalue weighted by Gasteiger charge is -2.35. The molecule has 0 atom stereocenters. The molecule has 1 amide bonds. The van der Waals surface area contributed by atoms with Crippen LogP contribution < -0.4 is 0 Å². The molecule has 140 valence electrons. The van der Waals surface area contributed by atoms with Gasteiger partial charge in [0.1, 0.15) is 6.26 Å². The largest absolute Gasteiger partial charge is 0.464 e. The number of fused-ring (bicyclic) bond motifs is 1. The average molecular weight is 366 g/mol. The number of carbonyl (C=O) groups is 2. The van der Waals surface area contributed by atoms with Gasteiger partial charge in [-0.15, -0.1) is 0 Å². The number of aromatic nitrogens is 1. The van der Waals surface area contributed by atoms with Crippen LogP contribution in [0.3, 0.4) is 0 Å². The molecule has 3 aromatic rings. The van der Waals surface area contributed by atoms with Crippen LogP contribution in [-0.2, 0) is 11.3 Å². The average Bonchev–Trinajstić information content (AvgIpc) is 3.12. The van der Waals surface area contributed by atoms with Gasteiger partial charge in [-0.25, -0.2) is 9.78 Å². The molecule has 1 aromatic heterocycles. The Morgan fingerprint density at radius 2 is 1.81 bits per heavy atom. The quantitative estimate of drug-likeness (QED) is 0.651. The van der Waals surface area contributed by atoms with Gasteiger partial charge in [0.25, 0.3) is 5.91 Å². The highest BCUT2D eigenvalue weighted by atomic mass is 16.5. The molecule has 0 aliphatic rings. The fraction of sp³-hybridized carbons (Fsp3) is 0.286. The van der Waals surface area contributed by atoms with Crippen LogP contribution in [-0.4, -0.2) is 34.4 Å². The molecule has 0 aliphatic heterocycles. The lowest BCUT2D eigenvalue weighted by Crippen LogP contribution is -2.45. The topological polar surface area (TPSA) is 72.6 Å². The number of hydrogen-bond acceptors (Lipinski definition) is 5. The van der Waals surface area contributed by atoms with Gasteiger partial charge < -0.3 is 14.1 Å². The van der Waals surface area contributed by atoms with Gasteiger partial charge in [0.05, 0.1) is 13.7 Å². The van der Waals surface area contributed by atoms with Gasteiger partial charge in [0, 0.05) is 11.1 Å². The van der Waals surface area contributed by atoms with E-state index < -0.39 is 11.5 Å². The van der Waals surface area contributed by atoms with Crippen LogP contribution in [0.25, 0.3) is 10.8 Å². The van der Waals surface area contributed by atoms with Crippen molar-refractivity contribution in [2.45, 2.75) is 32.9 Å². The number of amides is 1. The van der Waals surface area contributed by atoms with Gasteiger partial charge >= 0.3 is 5.97 Å². The Hall–Kier alpha value is -3.15. The highest BCUT2D eigenvalue weighted by Gasteiger charge is 2.30. The van der Waals surface area contributed by atoms with Crippen molar-refractivity contribution in [3.05, 3.63) is 65.9 Å². The summed E-state index contributed by atoms with van der Waals surface area (Å²) in [4.78, 5) is 30.8. The summed E-state index contributed by atoms with van der Waals surface area (Å²) in [7, 11) is 1.28. The first kappa shape index (κ1) is 18.6. The summed E-state index contributed by atoms with van der Waals surface area (Å²) in [6.07, 6.45) is 1.24. The maximum absolute atomic E-state index is 13.4. The molecule has 6 nitrogen and oxygen atoms in total. The van der Waals surface area contributed by atoms with Gasteiger partial charge in [-0.2, -0.15) is 0 Å². The van der Waals surface area contributed by atoms with E-state index in [9.17, 15) is 9.59 Å². The fourth-order valence-electron chi connectivity index (χ4n) is 2.89. The van der Waals surface area contributed by atoms with E-state index in [2.05, 4.69) is 9.72 Å². The number of carbonyl (C=O) groups excluding carboxylic acids is 2. The van der Waals surface area contributed by atoms with Gasteiger partial charge in [-0.1, -0.05) is 36.4 Å². The molecule has 0 bridgehead atoms. The molecule has 3 rings (SSSR count). The first-order chi connectivity index (χ1) is 12.8. The maximum atomic E-state index is 13.4. The summed E-state index contributed by atoms with van der Waals surface area (Å²) >= 11 is 0. The van der Waals surface area contributed by atoms with Crippen LogP contribution in [0.1, 0.15) is 47.5 Å². The smallest absolute Gasteiger partial charge is 0.360 e. The molecule has 2 aromatic carbocycles. The third kappa shape index (κ3) is 3.84. The Morgan fingerprint density at radius 3 is 2.52 bits per heavy atom. The van der Waals surface area contributed by atoms with Crippen molar-refractivity contribution in [3.63, 3.8) is 0 Å². The van der Waals surface area contributed by atoms with E-state index in [0.29, 0.717) is 5.56 Å². The second-order valence-electron chi connectivity index (χ2n) is 7.21. The van der Waals surface area contributed by atoms with Crippen LogP contribution in [0.4, 0.5) is 0 Å². The second-order valence-corrected chi connectivity index (χ2v) is 7.21. The number of ether oxygens (including phenoxy) is 1. The third-order valence-electron chi connectivity index (χ3n) is 4.31. The molecule has 0 aliphatic carbocycles. The summed E-state index contributed by atoms with van der Waals surface area (Å²) in [5.41, 5.74) is 0.218. The Balaban J connectivity index is 1.96. The molecular formula is C21H22N2O4. The molecule has 0 spiro atoms. The minimum absolute atomic E-state index is 0.0824.